The number of benzene rings is 2. The lowest BCUT2D eigenvalue weighted by Crippen LogP contribution is -2.29. The summed E-state index contributed by atoms with van der Waals surface area (Å²) in [5.74, 6) is 0.926. The highest BCUT2D eigenvalue weighted by Gasteiger charge is 2.27. The van der Waals surface area contributed by atoms with Gasteiger partial charge in [-0.3, -0.25) is 9.69 Å². The van der Waals surface area contributed by atoms with Crippen molar-refractivity contribution in [1.29, 1.82) is 0 Å². The lowest BCUT2D eigenvalue weighted by molar-refractivity contribution is 0.102. The number of thiophene rings is 1. The van der Waals surface area contributed by atoms with Crippen molar-refractivity contribution in [2.24, 2.45) is 0 Å². The van der Waals surface area contributed by atoms with Crippen LogP contribution in [0.2, 0.25) is 0 Å². The molecule has 0 atom stereocenters. The van der Waals surface area contributed by atoms with Gasteiger partial charge in [0.15, 0.2) is 0 Å². The second kappa shape index (κ2) is 9.35. The third kappa shape index (κ3) is 4.22. The molecule has 1 amide bonds. The van der Waals surface area contributed by atoms with Gasteiger partial charge in [-0.2, -0.15) is 0 Å². The summed E-state index contributed by atoms with van der Waals surface area (Å²) in [6, 6.07) is 16.1. The number of nitrogens with zero attached hydrogens (tertiary/aromatic N) is 2. The number of carbonyl (C=O) groups excluding carboxylic acids is 1. The van der Waals surface area contributed by atoms with Gasteiger partial charge in [0.25, 0.3) is 5.91 Å². The summed E-state index contributed by atoms with van der Waals surface area (Å²) in [6.07, 6.45) is 0.990. The van der Waals surface area contributed by atoms with E-state index in [9.17, 15) is 4.79 Å². The number of amides is 1. The SMILES string of the molecule is CCSc1cccc(C(=O)Nc2sc3c(c2-c2nc4ccccc4s2)CCN(CC)C3)c1. The highest BCUT2D eigenvalue weighted by molar-refractivity contribution is 7.99. The maximum absolute atomic E-state index is 13.2. The minimum atomic E-state index is -0.0585. The van der Waals surface area contributed by atoms with Crippen LogP contribution in [0.15, 0.2) is 53.4 Å². The molecule has 5 rings (SSSR count). The lowest BCUT2D eigenvalue weighted by Gasteiger charge is -2.25. The van der Waals surface area contributed by atoms with Crippen LogP contribution in [0.25, 0.3) is 20.8 Å². The summed E-state index contributed by atoms with van der Waals surface area (Å²) < 4.78 is 1.18. The fourth-order valence-corrected chi connectivity index (χ4v) is 7.20. The molecular formula is C25H25N3OS3. The Bertz CT molecular complexity index is 1240. The highest BCUT2D eigenvalue weighted by atomic mass is 32.2. The average Bonchev–Trinajstić information content (AvgIpc) is 3.39. The van der Waals surface area contributed by atoms with Crippen molar-refractivity contribution in [2.75, 3.05) is 24.2 Å². The van der Waals surface area contributed by atoms with Crippen LogP contribution in [0, 0.1) is 0 Å². The van der Waals surface area contributed by atoms with E-state index in [-0.39, 0.29) is 5.91 Å². The Kier molecular flexibility index (Phi) is 6.33. The Labute approximate surface area is 200 Å². The Balaban J connectivity index is 1.55. The smallest absolute Gasteiger partial charge is 0.256 e. The number of fused-ring (bicyclic) bond motifs is 2. The van der Waals surface area contributed by atoms with E-state index in [1.54, 1.807) is 34.4 Å². The quantitative estimate of drug-likeness (QED) is 0.310. The minimum absolute atomic E-state index is 0.0585. The van der Waals surface area contributed by atoms with Crippen LogP contribution in [-0.2, 0) is 13.0 Å². The summed E-state index contributed by atoms with van der Waals surface area (Å²) in [5.41, 5.74) is 4.18. The summed E-state index contributed by atoms with van der Waals surface area (Å²) >= 11 is 5.17. The van der Waals surface area contributed by atoms with Crippen molar-refractivity contribution in [3.8, 4) is 10.6 Å². The molecule has 0 saturated carbocycles. The molecule has 164 valence electrons. The molecular weight excluding hydrogens is 454 g/mol. The summed E-state index contributed by atoms with van der Waals surface area (Å²) in [7, 11) is 0. The number of thioether (sulfide) groups is 1. The van der Waals surface area contributed by atoms with Crippen LogP contribution < -0.4 is 5.32 Å². The number of aromatic nitrogens is 1. The Morgan fingerprint density at radius 2 is 2.03 bits per heavy atom. The Morgan fingerprint density at radius 3 is 2.84 bits per heavy atom. The number of nitrogens with one attached hydrogen (secondary N) is 1. The van der Waals surface area contributed by atoms with Crippen molar-refractivity contribution < 1.29 is 4.79 Å². The molecule has 7 heteroatoms. The highest BCUT2D eigenvalue weighted by Crippen LogP contribution is 2.45. The largest absolute Gasteiger partial charge is 0.313 e. The van der Waals surface area contributed by atoms with Gasteiger partial charge in [-0.15, -0.1) is 34.4 Å². The van der Waals surface area contributed by atoms with E-state index in [0.717, 1.165) is 57.8 Å². The van der Waals surface area contributed by atoms with Gasteiger partial charge >= 0.3 is 0 Å². The van der Waals surface area contributed by atoms with Crippen molar-refractivity contribution >= 4 is 55.6 Å². The zero-order valence-corrected chi connectivity index (χ0v) is 20.6. The third-order valence-corrected chi connectivity index (χ3v) is 8.79. The molecule has 2 aromatic heterocycles. The molecule has 3 heterocycles. The first-order valence-corrected chi connectivity index (χ1v) is 13.5. The first-order chi connectivity index (χ1) is 15.7. The number of anilines is 1. The molecule has 0 unspecified atom stereocenters. The van der Waals surface area contributed by atoms with Crippen molar-refractivity contribution in [3.05, 3.63) is 64.5 Å². The standard InChI is InChI=1S/C25H25N3OS3/c1-3-28-13-12-18-21(15-28)32-25(22(18)24-26-19-10-5-6-11-20(19)31-24)27-23(29)16-8-7-9-17(14-16)30-4-2/h5-11,14H,3-4,12-13,15H2,1-2H3,(H,27,29). The molecule has 1 aliphatic rings. The number of rotatable bonds is 6. The number of carbonyl (C=O) groups is 1. The van der Waals surface area contributed by atoms with Crippen LogP contribution in [0.4, 0.5) is 5.00 Å². The molecule has 0 aliphatic carbocycles. The molecule has 1 aliphatic heterocycles. The topological polar surface area (TPSA) is 45.2 Å². The second-order valence-electron chi connectivity index (χ2n) is 7.73. The first kappa shape index (κ1) is 21.6. The van der Waals surface area contributed by atoms with Gasteiger partial charge < -0.3 is 5.32 Å². The summed E-state index contributed by atoms with van der Waals surface area (Å²) in [5, 5.41) is 5.17. The zero-order valence-electron chi connectivity index (χ0n) is 18.2. The van der Waals surface area contributed by atoms with Gasteiger partial charge in [0.05, 0.1) is 10.2 Å². The van der Waals surface area contributed by atoms with Crippen LogP contribution >= 0.6 is 34.4 Å². The van der Waals surface area contributed by atoms with Crippen LogP contribution in [0.1, 0.15) is 34.6 Å². The summed E-state index contributed by atoms with van der Waals surface area (Å²) in [4.78, 5) is 23.1. The maximum Gasteiger partial charge on any atom is 0.256 e. The van der Waals surface area contributed by atoms with Crippen LogP contribution in [-0.4, -0.2) is 34.6 Å². The van der Waals surface area contributed by atoms with E-state index in [1.807, 2.05) is 24.3 Å². The van der Waals surface area contributed by atoms with Gasteiger partial charge in [-0.1, -0.05) is 32.0 Å². The zero-order chi connectivity index (χ0) is 22.1. The van der Waals surface area contributed by atoms with E-state index >= 15 is 0 Å². The molecule has 0 radical (unpaired) electrons. The summed E-state index contributed by atoms with van der Waals surface area (Å²) in [6.45, 7) is 7.35. The van der Waals surface area contributed by atoms with Gasteiger partial charge in [-0.25, -0.2) is 4.98 Å². The van der Waals surface area contributed by atoms with E-state index in [1.165, 1.54) is 15.1 Å². The molecule has 0 spiro atoms. The third-order valence-electron chi connectivity index (χ3n) is 5.73. The van der Waals surface area contributed by atoms with Crippen molar-refractivity contribution in [3.63, 3.8) is 0 Å². The predicted octanol–water partition coefficient (Wildman–Crippen LogP) is 6.77. The van der Waals surface area contributed by atoms with Crippen LogP contribution in [0.3, 0.4) is 0 Å². The monoisotopic (exact) mass is 479 g/mol. The predicted molar refractivity (Wildman–Crippen MR) is 138 cm³/mol. The normalized spacial score (nSPS) is 13.9. The minimum Gasteiger partial charge on any atom is -0.313 e. The van der Waals surface area contributed by atoms with Crippen molar-refractivity contribution in [2.45, 2.75) is 31.7 Å². The molecule has 0 fully saturated rings. The number of likely N-dealkylation sites (N-methyl/N-ethyl adjacent to an activating group) is 1. The van der Waals surface area contributed by atoms with Gasteiger partial charge in [0.2, 0.25) is 0 Å². The fraction of sp³-hybridized carbons (Fsp3) is 0.280. The van der Waals surface area contributed by atoms with Crippen molar-refractivity contribution in [1.82, 2.24) is 9.88 Å². The Hall–Kier alpha value is -2.19. The number of thiazole rings is 1. The Morgan fingerprint density at radius 1 is 1.16 bits per heavy atom. The van der Waals surface area contributed by atoms with E-state index in [2.05, 4.69) is 48.3 Å². The van der Waals surface area contributed by atoms with Gasteiger partial charge in [-0.05, 0) is 54.6 Å². The molecule has 0 bridgehead atoms. The molecule has 4 nitrogen and oxygen atoms in total. The van der Waals surface area contributed by atoms with E-state index < -0.39 is 0 Å². The van der Waals surface area contributed by atoms with E-state index in [0.29, 0.717) is 5.56 Å². The number of hydrogen-bond donors (Lipinski definition) is 1. The first-order valence-electron chi connectivity index (χ1n) is 10.9. The second-order valence-corrected chi connectivity index (χ2v) is 11.2. The van der Waals surface area contributed by atoms with E-state index in [4.69, 9.17) is 4.98 Å². The maximum atomic E-state index is 13.2. The molecule has 2 aromatic carbocycles. The molecule has 32 heavy (non-hydrogen) atoms. The lowest BCUT2D eigenvalue weighted by atomic mass is 10.0. The number of hydrogen-bond acceptors (Lipinski definition) is 6. The number of para-hydroxylation sites is 1. The fourth-order valence-electron chi connectivity index (χ4n) is 4.09. The van der Waals surface area contributed by atoms with Gasteiger partial charge in [0.1, 0.15) is 10.0 Å². The molecule has 1 N–H and O–H groups in total. The molecule has 4 aromatic rings. The van der Waals surface area contributed by atoms with Crippen LogP contribution in [0.5, 0.6) is 0 Å². The van der Waals surface area contributed by atoms with Gasteiger partial charge in [0, 0.05) is 34.0 Å². The molecule has 0 saturated heterocycles. The average molecular weight is 480 g/mol.